The minimum absolute atomic E-state index is 0.0294. The second kappa shape index (κ2) is 4.98. The fraction of sp³-hybridized carbons (Fsp3) is 0.500. The number of nitrogens with two attached hydrogens (primary N) is 1. The van der Waals surface area contributed by atoms with Crippen molar-refractivity contribution >= 4 is 5.91 Å². The summed E-state index contributed by atoms with van der Waals surface area (Å²) in [6.45, 7) is 3.20. The SMILES string of the molecule is Cc1ccc(O)c(C(=O)NCC2(CCN)CC2)c1. The molecule has 2 rings (SSSR count). The van der Waals surface area contributed by atoms with Gasteiger partial charge in [-0.1, -0.05) is 11.6 Å². The minimum Gasteiger partial charge on any atom is -0.507 e. The highest BCUT2D eigenvalue weighted by atomic mass is 16.3. The number of rotatable bonds is 5. The van der Waals surface area contributed by atoms with Crippen LogP contribution in [0.15, 0.2) is 18.2 Å². The average molecular weight is 248 g/mol. The first-order chi connectivity index (χ1) is 8.56. The van der Waals surface area contributed by atoms with Gasteiger partial charge in [0.05, 0.1) is 5.56 Å². The van der Waals surface area contributed by atoms with Crippen molar-refractivity contribution in [1.82, 2.24) is 5.32 Å². The van der Waals surface area contributed by atoms with E-state index < -0.39 is 0 Å². The zero-order chi connectivity index (χ0) is 13.2. The molecule has 0 heterocycles. The predicted octanol–water partition coefficient (Wildman–Crippen LogP) is 1.56. The number of carbonyl (C=O) groups is 1. The molecular formula is C14H20N2O2. The number of benzene rings is 1. The second-order valence-corrected chi connectivity index (χ2v) is 5.24. The van der Waals surface area contributed by atoms with Gasteiger partial charge < -0.3 is 16.2 Å². The Morgan fingerprint density at radius 2 is 2.22 bits per heavy atom. The summed E-state index contributed by atoms with van der Waals surface area (Å²) in [4.78, 5) is 12.0. The van der Waals surface area contributed by atoms with Crippen LogP contribution >= 0.6 is 0 Å². The van der Waals surface area contributed by atoms with Crippen LogP contribution in [0, 0.1) is 12.3 Å². The molecule has 0 aliphatic heterocycles. The van der Waals surface area contributed by atoms with Crippen LogP contribution in [0.5, 0.6) is 5.75 Å². The van der Waals surface area contributed by atoms with E-state index in [0.717, 1.165) is 24.8 Å². The number of amides is 1. The first kappa shape index (κ1) is 12.9. The summed E-state index contributed by atoms with van der Waals surface area (Å²) in [6, 6.07) is 5.03. The van der Waals surface area contributed by atoms with Crippen molar-refractivity contribution < 1.29 is 9.90 Å². The first-order valence-corrected chi connectivity index (χ1v) is 6.34. The molecule has 1 aromatic carbocycles. The molecule has 4 heteroatoms. The van der Waals surface area contributed by atoms with Gasteiger partial charge in [0.15, 0.2) is 0 Å². The molecule has 4 nitrogen and oxygen atoms in total. The van der Waals surface area contributed by atoms with Crippen molar-refractivity contribution in [1.29, 1.82) is 0 Å². The third-order valence-corrected chi connectivity index (χ3v) is 3.65. The Hall–Kier alpha value is -1.55. The number of hydrogen-bond acceptors (Lipinski definition) is 3. The molecule has 4 N–H and O–H groups in total. The van der Waals surface area contributed by atoms with Crippen LogP contribution < -0.4 is 11.1 Å². The van der Waals surface area contributed by atoms with Crippen molar-refractivity contribution in [3.05, 3.63) is 29.3 Å². The number of phenolic OH excluding ortho intramolecular Hbond substituents is 1. The maximum Gasteiger partial charge on any atom is 0.255 e. The van der Waals surface area contributed by atoms with E-state index in [2.05, 4.69) is 5.32 Å². The predicted molar refractivity (Wildman–Crippen MR) is 70.5 cm³/mol. The normalized spacial score (nSPS) is 16.3. The van der Waals surface area contributed by atoms with Crippen LogP contribution in [0.1, 0.15) is 35.2 Å². The van der Waals surface area contributed by atoms with Gasteiger partial charge in [0.25, 0.3) is 5.91 Å². The maximum absolute atomic E-state index is 12.0. The zero-order valence-electron chi connectivity index (χ0n) is 10.7. The van der Waals surface area contributed by atoms with Crippen LogP contribution in [-0.2, 0) is 0 Å². The van der Waals surface area contributed by atoms with Gasteiger partial charge in [0.1, 0.15) is 5.75 Å². The molecule has 0 aromatic heterocycles. The van der Waals surface area contributed by atoms with Gasteiger partial charge in [-0.2, -0.15) is 0 Å². The lowest BCUT2D eigenvalue weighted by Crippen LogP contribution is -2.31. The van der Waals surface area contributed by atoms with Crippen LogP contribution in [0.2, 0.25) is 0 Å². The fourth-order valence-corrected chi connectivity index (χ4v) is 2.19. The van der Waals surface area contributed by atoms with Gasteiger partial charge in [-0.3, -0.25) is 4.79 Å². The quantitative estimate of drug-likeness (QED) is 0.740. The Morgan fingerprint density at radius 1 is 1.50 bits per heavy atom. The molecule has 1 aliphatic rings. The molecule has 0 atom stereocenters. The Labute approximate surface area is 107 Å². The largest absolute Gasteiger partial charge is 0.507 e. The number of aromatic hydroxyl groups is 1. The highest BCUT2D eigenvalue weighted by Crippen LogP contribution is 2.47. The summed E-state index contributed by atoms with van der Waals surface area (Å²) in [7, 11) is 0. The van der Waals surface area contributed by atoms with Gasteiger partial charge in [-0.05, 0) is 50.3 Å². The van der Waals surface area contributed by atoms with E-state index in [1.165, 1.54) is 0 Å². The van der Waals surface area contributed by atoms with E-state index in [9.17, 15) is 9.90 Å². The minimum atomic E-state index is -0.209. The van der Waals surface area contributed by atoms with Gasteiger partial charge in [0.2, 0.25) is 0 Å². The lowest BCUT2D eigenvalue weighted by Gasteiger charge is -2.15. The highest BCUT2D eigenvalue weighted by molar-refractivity contribution is 5.97. The molecule has 1 fully saturated rings. The third kappa shape index (κ3) is 2.82. The summed E-state index contributed by atoms with van der Waals surface area (Å²) < 4.78 is 0. The molecule has 98 valence electrons. The van der Waals surface area contributed by atoms with Crippen molar-refractivity contribution in [2.75, 3.05) is 13.1 Å². The molecule has 0 unspecified atom stereocenters. The molecular weight excluding hydrogens is 228 g/mol. The fourth-order valence-electron chi connectivity index (χ4n) is 2.19. The molecule has 18 heavy (non-hydrogen) atoms. The number of phenols is 1. The number of nitrogens with one attached hydrogen (secondary N) is 1. The van der Waals surface area contributed by atoms with Crippen molar-refractivity contribution in [3.8, 4) is 5.75 Å². The molecule has 1 saturated carbocycles. The maximum atomic E-state index is 12.0. The Morgan fingerprint density at radius 3 is 2.83 bits per heavy atom. The van der Waals surface area contributed by atoms with E-state index in [1.807, 2.05) is 6.92 Å². The van der Waals surface area contributed by atoms with Gasteiger partial charge >= 0.3 is 0 Å². The second-order valence-electron chi connectivity index (χ2n) is 5.24. The van der Waals surface area contributed by atoms with Crippen molar-refractivity contribution in [2.24, 2.45) is 11.1 Å². The number of aryl methyl sites for hydroxylation is 1. The topological polar surface area (TPSA) is 75.3 Å². The van der Waals surface area contributed by atoms with E-state index >= 15 is 0 Å². The molecule has 0 bridgehead atoms. The Bertz CT molecular complexity index is 453. The summed E-state index contributed by atoms with van der Waals surface area (Å²) in [5.41, 5.74) is 7.08. The lowest BCUT2D eigenvalue weighted by atomic mass is 10.0. The average Bonchev–Trinajstić information content (AvgIpc) is 3.10. The molecule has 1 amide bonds. The molecule has 1 aliphatic carbocycles. The molecule has 0 radical (unpaired) electrons. The van der Waals surface area contributed by atoms with Crippen LogP contribution in [0.25, 0.3) is 0 Å². The van der Waals surface area contributed by atoms with Gasteiger partial charge in [-0.25, -0.2) is 0 Å². The van der Waals surface area contributed by atoms with Crippen molar-refractivity contribution in [3.63, 3.8) is 0 Å². The number of hydrogen-bond donors (Lipinski definition) is 3. The Kier molecular flexibility index (Phi) is 3.57. The lowest BCUT2D eigenvalue weighted by molar-refractivity contribution is 0.0941. The third-order valence-electron chi connectivity index (χ3n) is 3.65. The van der Waals surface area contributed by atoms with Crippen molar-refractivity contribution in [2.45, 2.75) is 26.2 Å². The smallest absolute Gasteiger partial charge is 0.255 e. The molecule has 0 spiro atoms. The summed E-state index contributed by atoms with van der Waals surface area (Å²) >= 11 is 0. The highest BCUT2D eigenvalue weighted by Gasteiger charge is 2.41. The van der Waals surface area contributed by atoms with E-state index in [-0.39, 0.29) is 17.1 Å². The van der Waals surface area contributed by atoms with Crippen LogP contribution in [-0.4, -0.2) is 24.1 Å². The monoisotopic (exact) mass is 248 g/mol. The summed E-state index contributed by atoms with van der Waals surface area (Å²) in [5.74, 6) is -0.179. The van der Waals surface area contributed by atoms with E-state index in [1.54, 1.807) is 18.2 Å². The zero-order valence-corrected chi connectivity index (χ0v) is 10.7. The van der Waals surface area contributed by atoms with Crippen LogP contribution in [0.4, 0.5) is 0 Å². The summed E-state index contributed by atoms with van der Waals surface area (Å²) in [6.07, 6.45) is 3.21. The summed E-state index contributed by atoms with van der Waals surface area (Å²) in [5, 5.41) is 12.6. The Balaban J connectivity index is 1.98. The van der Waals surface area contributed by atoms with Gasteiger partial charge in [-0.15, -0.1) is 0 Å². The standard InChI is InChI=1S/C14H20N2O2/c1-10-2-3-12(17)11(8-10)13(18)16-9-14(4-5-14)6-7-15/h2-3,8,17H,4-7,9,15H2,1H3,(H,16,18). The van der Waals surface area contributed by atoms with E-state index in [0.29, 0.717) is 18.7 Å². The van der Waals surface area contributed by atoms with Gasteiger partial charge in [0, 0.05) is 6.54 Å². The van der Waals surface area contributed by atoms with E-state index in [4.69, 9.17) is 5.73 Å². The molecule has 0 saturated heterocycles. The number of carbonyl (C=O) groups excluding carboxylic acids is 1. The molecule has 1 aromatic rings. The first-order valence-electron chi connectivity index (χ1n) is 6.34. The van der Waals surface area contributed by atoms with Crippen LogP contribution in [0.3, 0.4) is 0 Å².